The minimum atomic E-state index is -0.566. The Balaban J connectivity index is 1.44. The van der Waals surface area contributed by atoms with Crippen molar-refractivity contribution in [2.45, 2.75) is 25.9 Å². The van der Waals surface area contributed by atoms with Crippen LogP contribution in [0.1, 0.15) is 28.2 Å². The van der Waals surface area contributed by atoms with Gasteiger partial charge in [0.15, 0.2) is 11.5 Å². The molecule has 2 N–H and O–H groups in total. The fourth-order valence-electron chi connectivity index (χ4n) is 3.26. The SMILES string of the molecule is COc1cc(/C=C/C(=O)OCc2nc3sc4c(c3c(=O)[nH]2)CCC4)ccc1O. The number of ether oxygens (including phenoxy) is 2. The molecule has 2 aromatic heterocycles. The molecule has 0 saturated heterocycles. The summed E-state index contributed by atoms with van der Waals surface area (Å²) in [5.74, 6) is 0.0922. The molecule has 0 bridgehead atoms. The Morgan fingerprint density at radius 2 is 2.25 bits per heavy atom. The van der Waals surface area contributed by atoms with E-state index in [1.165, 1.54) is 24.1 Å². The molecule has 0 radical (unpaired) electrons. The first-order chi connectivity index (χ1) is 13.5. The summed E-state index contributed by atoms with van der Waals surface area (Å²) < 4.78 is 10.2. The van der Waals surface area contributed by atoms with Crippen molar-refractivity contribution in [1.82, 2.24) is 9.97 Å². The Morgan fingerprint density at radius 3 is 3.07 bits per heavy atom. The van der Waals surface area contributed by atoms with E-state index in [0.29, 0.717) is 27.4 Å². The maximum atomic E-state index is 12.4. The lowest BCUT2D eigenvalue weighted by Crippen LogP contribution is -2.13. The zero-order valence-electron chi connectivity index (χ0n) is 15.2. The molecule has 0 spiro atoms. The lowest BCUT2D eigenvalue weighted by atomic mass is 10.2. The zero-order valence-corrected chi connectivity index (χ0v) is 16.0. The summed E-state index contributed by atoms with van der Waals surface area (Å²) >= 11 is 1.54. The number of rotatable bonds is 5. The number of phenolic OH excluding ortho intramolecular Hbond substituents is 1. The van der Waals surface area contributed by atoms with Crippen molar-refractivity contribution < 1.29 is 19.4 Å². The van der Waals surface area contributed by atoms with Crippen molar-refractivity contribution in [1.29, 1.82) is 0 Å². The van der Waals surface area contributed by atoms with Crippen molar-refractivity contribution >= 4 is 33.6 Å². The van der Waals surface area contributed by atoms with Crippen molar-refractivity contribution in [3.8, 4) is 11.5 Å². The maximum absolute atomic E-state index is 12.4. The number of carbonyl (C=O) groups is 1. The van der Waals surface area contributed by atoms with Crippen LogP contribution in [0.2, 0.25) is 0 Å². The number of thiophene rings is 1. The molecule has 8 heteroatoms. The maximum Gasteiger partial charge on any atom is 0.331 e. The van der Waals surface area contributed by atoms with Crippen LogP contribution in [-0.2, 0) is 29.0 Å². The van der Waals surface area contributed by atoms with Crippen molar-refractivity contribution in [3.05, 3.63) is 56.5 Å². The van der Waals surface area contributed by atoms with Crippen LogP contribution < -0.4 is 10.3 Å². The molecule has 3 aromatic rings. The van der Waals surface area contributed by atoms with Gasteiger partial charge in [-0.25, -0.2) is 9.78 Å². The number of benzene rings is 1. The van der Waals surface area contributed by atoms with E-state index in [1.807, 2.05) is 0 Å². The number of methoxy groups -OCH3 is 1. The number of fused-ring (bicyclic) bond motifs is 3. The summed E-state index contributed by atoms with van der Waals surface area (Å²) in [7, 11) is 1.45. The third-order valence-corrected chi connectivity index (χ3v) is 5.78. The number of aromatic hydroxyl groups is 1. The third kappa shape index (κ3) is 3.50. The summed E-state index contributed by atoms with van der Waals surface area (Å²) in [6.45, 7) is -0.115. The second-order valence-corrected chi connectivity index (χ2v) is 7.51. The molecular formula is C20H18N2O5S. The Labute approximate surface area is 164 Å². The van der Waals surface area contributed by atoms with Gasteiger partial charge >= 0.3 is 5.97 Å². The highest BCUT2D eigenvalue weighted by atomic mass is 32.1. The van der Waals surface area contributed by atoms with E-state index in [-0.39, 0.29) is 17.9 Å². The number of aryl methyl sites for hydroxylation is 2. The second-order valence-electron chi connectivity index (χ2n) is 6.42. The number of H-pyrrole nitrogens is 1. The summed E-state index contributed by atoms with van der Waals surface area (Å²) in [4.78, 5) is 33.4. The predicted octanol–water partition coefficient (Wildman–Crippen LogP) is 2.94. The smallest absolute Gasteiger partial charge is 0.331 e. The summed E-state index contributed by atoms with van der Waals surface area (Å²) in [6.07, 6.45) is 5.80. The molecule has 0 amide bonds. The average Bonchev–Trinajstić information content (AvgIpc) is 3.26. The Hall–Kier alpha value is -3.13. The first-order valence-corrected chi connectivity index (χ1v) is 9.62. The van der Waals surface area contributed by atoms with E-state index < -0.39 is 5.97 Å². The van der Waals surface area contributed by atoms with Crippen LogP contribution >= 0.6 is 11.3 Å². The van der Waals surface area contributed by atoms with Gasteiger partial charge in [-0.05, 0) is 48.6 Å². The number of hydrogen-bond acceptors (Lipinski definition) is 7. The molecule has 0 unspecified atom stereocenters. The van der Waals surface area contributed by atoms with Crippen molar-refractivity contribution in [2.75, 3.05) is 7.11 Å². The molecule has 0 atom stereocenters. The topological polar surface area (TPSA) is 102 Å². The van der Waals surface area contributed by atoms with Gasteiger partial charge in [-0.1, -0.05) is 6.07 Å². The van der Waals surface area contributed by atoms with E-state index in [9.17, 15) is 14.7 Å². The molecule has 28 heavy (non-hydrogen) atoms. The van der Waals surface area contributed by atoms with Crippen LogP contribution in [-0.4, -0.2) is 28.2 Å². The van der Waals surface area contributed by atoms with Crippen LogP contribution in [0.15, 0.2) is 29.1 Å². The lowest BCUT2D eigenvalue weighted by molar-refractivity contribution is -0.139. The van der Waals surface area contributed by atoms with E-state index in [2.05, 4.69) is 9.97 Å². The summed E-state index contributed by atoms with van der Waals surface area (Å²) in [6, 6.07) is 4.72. The van der Waals surface area contributed by atoms with Crippen LogP contribution in [0.5, 0.6) is 11.5 Å². The van der Waals surface area contributed by atoms with Gasteiger partial charge in [0.2, 0.25) is 0 Å². The van der Waals surface area contributed by atoms with Crippen LogP contribution in [0.3, 0.4) is 0 Å². The van der Waals surface area contributed by atoms with Crippen LogP contribution in [0, 0.1) is 0 Å². The Kier molecular flexibility index (Phi) is 4.87. The summed E-state index contributed by atoms with van der Waals surface area (Å²) in [5.41, 5.74) is 1.61. The minimum Gasteiger partial charge on any atom is -0.504 e. The molecule has 7 nitrogen and oxygen atoms in total. The van der Waals surface area contributed by atoms with E-state index in [1.54, 1.807) is 29.5 Å². The van der Waals surface area contributed by atoms with Gasteiger partial charge < -0.3 is 19.6 Å². The summed E-state index contributed by atoms with van der Waals surface area (Å²) in [5, 5.41) is 10.3. The predicted molar refractivity (Wildman–Crippen MR) is 106 cm³/mol. The van der Waals surface area contributed by atoms with Crippen molar-refractivity contribution in [2.24, 2.45) is 0 Å². The largest absolute Gasteiger partial charge is 0.504 e. The van der Waals surface area contributed by atoms with Crippen LogP contribution in [0.4, 0.5) is 0 Å². The van der Waals surface area contributed by atoms with Gasteiger partial charge in [-0.3, -0.25) is 4.79 Å². The molecule has 0 aliphatic heterocycles. The van der Waals surface area contributed by atoms with Gasteiger partial charge in [0, 0.05) is 11.0 Å². The highest BCUT2D eigenvalue weighted by molar-refractivity contribution is 7.18. The van der Waals surface area contributed by atoms with E-state index >= 15 is 0 Å². The second kappa shape index (κ2) is 7.47. The molecule has 0 saturated carbocycles. The zero-order chi connectivity index (χ0) is 19.7. The van der Waals surface area contributed by atoms with Gasteiger partial charge in [-0.15, -0.1) is 11.3 Å². The van der Waals surface area contributed by atoms with Gasteiger partial charge in [0.05, 0.1) is 12.5 Å². The van der Waals surface area contributed by atoms with E-state index in [0.717, 1.165) is 24.8 Å². The molecule has 1 aliphatic carbocycles. The third-order valence-electron chi connectivity index (χ3n) is 4.59. The lowest BCUT2D eigenvalue weighted by Gasteiger charge is -2.04. The monoisotopic (exact) mass is 398 g/mol. The number of phenols is 1. The first kappa shape index (κ1) is 18.2. The highest BCUT2D eigenvalue weighted by Gasteiger charge is 2.21. The number of hydrogen-bond donors (Lipinski definition) is 2. The fourth-order valence-corrected chi connectivity index (χ4v) is 4.55. The number of aromatic nitrogens is 2. The number of esters is 1. The van der Waals surface area contributed by atoms with Gasteiger partial charge in [0.25, 0.3) is 5.56 Å². The minimum absolute atomic E-state index is 0.0206. The normalized spacial score (nSPS) is 13.2. The number of aromatic amines is 1. The van der Waals surface area contributed by atoms with Gasteiger partial charge in [0.1, 0.15) is 17.3 Å². The van der Waals surface area contributed by atoms with E-state index in [4.69, 9.17) is 9.47 Å². The number of nitrogens with one attached hydrogen (secondary N) is 1. The quantitative estimate of drug-likeness (QED) is 0.506. The van der Waals surface area contributed by atoms with Gasteiger partial charge in [-0.2, -0.15) is 0 Å². The van der Waals surface area contributed by atoms with Crippen LogP contribution in [0.25, 0.3) is 16.3 Å². The number of nitrogens with zero attached hydrogens (tertiary/aromatic N) is 1. The molecule has 1 aliphatic rings. The number of carbonyl (C=O) groups excluding carboxylic acids is 1. The fraction of sp³-hybridized carbons (Fsp3) is 0.250. The van der Waals surface area contributed by atoms with Crippen molar-refractivity contribution in [3.63, 3.8) is 0 Å². The average molecular weight is 398 g/mol. The molecule has 0 fully saturated rings. The highest BCUT2D eigenvalue weighted by Crippen LogP contribution is 2.34. The molecule has 144 valence electrons. The Bertz CT molecular complexity index is 1150. The molecule has 4 rings (SSSR count). The Morgan fingerprint density at radius 1 is 1.39 bits per heavy atom. The first-order valence-electron chi connectivity index (χ1n) is 8.80. The molecule has 2 heterocycles. The standard InChI is InChI=1S/C20H18N2O5S/c1-26-14-9-11(5-7-13(14)23)6-8-17(24)27-10-16-21-19(25)18-12-3-2-4-15(12)28-20(18)22-16/h5-9,23H,2-4,10H2,1H3,(H,21,22,25)/b8-6+. The molecular weight excluding hydrogens is 380 g/mol. The molecule has 1 aromatic carbocycles.